The molecule has 458 valence electrons. The lowest BCUT2D eigenvalue weighted by Gasteiger charge is -2.18. The van der Waals surface area contributed by atoms with Gasteiger partial charge in [0.2, 0.25) is 0 Å². The molecule has 6 nitrogen and oxygen atoms in total. The van der Waals surface area contributed by atoms with E-state index in [9.17, 15) is 14.4 Å². The highest BCUT2D eigenvalue weighted by atomic mass is 16.6. The maximum absolute atomic E-state index is 12.8. The van der Waals surface area contributed by atoms with Crippen molar-refractivity contribution in [2.24, 2.45) is 0 Å². The molecule has 0 rings (SSSR count). The smallest absolute Gasteiger partial charge is 0.306 e. The molecule has 6 heteroatoms. The van der Waals surface area contributed by atoms with E-state index in [0.717, 1.165) is 128 Å². The minimum absolute atomic E-state index is 0.100. The van der Waals surface area contributed by atoms with Gasteiger partial charge in [-0.3, -0.25) is 14.4 Å². The van der Waals surface area contributed by atoms with Crippen molar-refractivity contribution in [3.05, 3.63) is 146 Å². The van der Waals surface area contributed by atoms with E-state index in [1.165, 1.54) is 116 Å². The van der Waals surface area contributed by atoms with Crippen LogP contribution < -0.4 is 0 Å². The Hall–Kier alpha value is -4.71. The molecule has 0 radical (unpaired) electrons. The fourth-order valence-electron chi connectivity index (χ4n) is 8.86. The molecule has 81 heavy (non-hydrogen) atoms. The lowest BCUT2D eigenvalue weighted by molar-refractivity contribution is -0.167. The number of ether oxygens (including phenoxy) is 3. The molecule has 0 spiro atoms. The first-order chi connectivity index (χ1) is 40.0. The van der Waals surface area contributed by atoms with E-state index in [-0.39, 0.29) is 37.5 Å². The van der Waals surface area contributed by atoms with E-state index < -0.39 is 6.10 Å². The number of hydrogen-bond donors (Lipinski definition) is 0. The van der Waals surface area contributed by atoms with Gasteiger partial charge in [0.15, 0.2) is 6.10 Å². The van der Waals surface area contributed by atoms with E-state index in [4.69, 9.17) is 14.2 Å². The maximum Gasteiger partial charge on any atom is 0.306 e. The summed E-state index contributed by atoms with van der Waals surface area (Å²) < 4.78 is 16.7. The number of carbonyl (C=O) groups excluding carboxylic acids is 3. The van der Waals surface area contributed by atoms with Crippen molar-refractivity contribution in [1.29, 1.82) is 0 Å². The maximum atomic E-state index is 12.8. The van der Waals surface area contributed by atoms with Crippen molar-refractivity contribution in [1.82, 2.24) is 0 Å². The van der Waals surface area contributed by atoms with E-state index in [0.29, 0.717) is 19.3 Å². The second kappa shape index (κ2) is 67.8. The number of carbonyl (C=O) groups is 3. The van der Waals surface area contributed by atoms with Crippen LogP contribution in [0.2, 0.25) is 0 Å². The second-order valence-corrected chi connectivity index (χ2v) is 21.6. The van der Waals surface area contributed by atoms with Crippen LogP contribution in [-0.4, -0.2) is 37.2 Å². The normalized spacial score (nSPS) is 13.1. The Kier molecular flexibility index (Phi) is 63.9. The Morgan fingerprint density at radius 3 is 0.802 bits per heavy atom. The first-order valence-corrected chi connectivity index (χ1v) is 33.3. The molecule has 0 fully saturated rings. The van der Waals surface area contributed by atoms with E-state index in [2.05, 4.69) is 167 Å². The van der Waals surface area contributed by atoms with Gasteiger partial charge >= 0.3 is 17.9 Å². The summed E-state index contributed by atoms with van der Waals surface area (Å²) in [7, 11) is 0. The quantitative estimate of drug-likeness (QED) is 0.0261. The van der Waals surface area contributed by atoms with Crippen LogP contribution in [-0.2, 0) is 28.6 Å². The van der Waals surface area contributed by atoms with Crippen molar-refractivity contribution >= 4 is 17.9 Å². The molecule has 0 saturated carbocycles. The SMILES string of the molecule is CC/C=C\C/C=C\C/C=C\C/C=C\C/C=C\C/C=C\C/C=C\C/C=C\C/C=C\CCCC(=O)OCC(COC(=O)CCCCCCC)OC(=O)CCCCCCCCCCCCCCCC/C=C\C/C=C\C/C=C\CCCCCCC. The van der Waals surface area contributed by atoms with Crippen LogP contribution in [0.15, 0.2) is 146 Å². The number of esters is 3. The molecular formula is C75H122O6. The summed E-state index contributed by atoms with van der Waals surface area (Å²) in [6.07, 6.45) is 97.8. The largest absolute Gasteiger partial charge is 0.462 e. The summed E-state index contributed by atoms with van der Waals surface area (Å²) in [5.74, 6) is -0.978. The van der Waals surface area contributed by atoms with Crippen LogP contribution in [0.1, 0.15) is 290 Å². The molecule has 0 aromatic rings. The van der Waals surface area contributed by atoms with E-state index in [1.54, 1.807) is 0 Å². The van der Waals surface area contributed by atoms with Crippen LogP contribution in [0.25, 0.3) is 0 Å². The second-order valence-electron chi connectivity index (χ2n) is 21.6. The van der Waals surface area contributed by atoms with Crippen LogP contribution in [0, 0.1) is 0 Å². The molecule has 0 saturated heterocycles. The third-order valence-electron chi connectivity index (χ3n) is 13.8. The molecule has 0 heterocycles. The Morgan fingerprint density at radius 2 is 0.494 bits per heavy atom. The van der Waals surface area contributed by atoms with Crippen LogP contribution >= 0.6 is 0 Å². The van der Waals surface area contributed by atoms with Crippen molar-refractivity contribution in [2.45, 2.75) is 297 Å². The van der Waals surface area contributed by atoms with Crippen molar-refractivity contribution in [2.75, 3.05) is 13.2 Å². The number of hydrogen-bond acceptors (Lipinski definition) is 6. The summed E-state index contributed by atoms with van der Waals surface area (Å²) in [5, 5.41) is 0. The molecule has 0 N–H and O–H groups in total. The molecule has 0 bridgehead atoms. The molecule has 0 amide bonds. The molecule has 1 atom stereocenters. The zero-order valence-corrected chi connectivity index (χ0v) is 52.5. The summed E-state index contributed by atoms with van der Waals surface area (Å²) in [6, 6.07) is 0. The fourth-order valence-corrected chi connectivity index (χ4v) is 8.86. The molecule has 0 aliphatic rings. The van der Waals surface area contributed by atoms with Crippen LogP contribution in [0.3, 0.4) is 0 Å². The highest BCUT2D eigenvalue weighted by molar-refractivity contribution is 5.71. The molecule has 0 aromatic carbocycles. The standard InChI is InChI=1S/C75H122O6/c1-4-7-10-13-15-17-19-21-23-25-27-29-31-33-35-37-39-41-43-45-47-49-51-53-55-57-59-62-65-68-74(77)80-71-72(70-79-73(76)67-64-61-12-9-6-3)81-75(78)69-66-63-60-58-56-54-52-50-48-46-44-42-40-38-36-34-32-30-28-26-24-22-20-18-16-14-11-8-5-2/h7,10,15,17,20-23,26-29,32-35,39,41,45,47,51,53,57,59,72H,4-6,8-9,11-14,16,18-19,24-25,30-31,36-38,40,42-44,46,48-50,52,54-56,58,60-71H2,1-3H3/b10-7-,17-15-,22-20-,23-21-,28-26-,29-27-,34-32-,35-33-,41-39-,47-45-,53-51-,59-57-. The van der Waals surface area contributed by atoms with Gasteiger partial charge in [0, 0.05) is 19.3 Å². The third kappa shape index (κ3) is 66.0. The van der Waals surface area contributed by atoms with Crippen molar-refractivity contribution in [3.8, 4) is 0 Å². The Balaban J connectivity index is 4.15. The lowest BCUT2D eigenvalue weighted by Crippen LogP contribution is -2.30. The predicted molar refractivity (Wildman–Crippen MR) is 352 cm³/mol. The fraction of sp³-hybridized carbons (Fsp3) is 0.640. The van der Waals surface area contributed by atoms with Gasteiger partial charge in [0.1, 0.15) is 13.2 Å². The molecule has 0 aromatic heterocycles. The number of allylic oxidation sites excluding steroid dienone is 24. The van der Waals surface area contributed by atoms with Gasteiger partial charge in [-0.05, 0) is 122 Å². The van der Waals surface area contributed by atoms with E-state index in [1.807, 2.05) is 0 Å². The minimum Gasteiger partial charge on any atom is -0.462 e. The first-order valence-electron chi connectivity index (χ1n) is 33.3. The highest BCUT2D eigenvalue weighted by Crippen LogP contribution is 2.16. The average Bonchev–Trinajstić information content (AvgIpc) is 3.47. The summed E-state index contributed by atoms with van der Waals surface area (Å²) >= 11 is 0. The molecule has 0 aliphatic heterocycles. The average molecular weight is 1120 g/mol. The molecule has 1 unspecified atom stereocenters. The zero-order valence-electron chi connectivity index (χ0n) is 52.5. The molecule has 0 aliphatic carbocycles. The van der Waals surface area contributed by atoms with Crippen molar-refractivity contribution < 1.29 is 28.6 Å². The molecular weight excluding hydrogens is 997 g/mol. The summed E-state index contributed by atoms with van der Waals surface area (Å²) in [5.41, 5.74) is 0. The lowest BCUT2D eigenvalue weighted by atomic mass is 10.0. The summed E-state index contributed by atoms with van der Waals surface area (Å²) in [6.45, 7) is 6.38. The van der Waals surface area contributed by atoms with Crippen LogP contribution in [0.4, 0.5) is 0 Å². The Bertz CT molecular complexity index is 1760. The topological polar surface area (TPSA) is 78.9 Å². The van der Waals surface area contributed by atoms with Gasteiger partial charge in [-0.15, -0.1) is 0 Å². The predicted octanol–water partition coefficient (Wildman–Crippen LogP) is 23.1. The van der Waals surface area contributed by atoms with Gasteiger partial charge in [0.05, 0.1) is 0 Å². The first kappa shape index (κ1) is 76.3. The van der Waals surface area contributed by atoms with Gasteiger partial charge in [-0.1, -0.05) is 295 Å². The Labute approximate surface area is 499 Å². The van der Waals surface area contributed by atoms with Crippen molar-refractivity contribution in [3.63, 3.8) is 0 Å². The monoisotopic (exact) mass is 1120 g/mol. The van der Waals surface area contributed by atoms with E-state index >= 15 is 0 Å². The summed E-state index contributed by atoms with van der Waals surface area (Å²) in [4.78, 5) is 37.9. The number of unbranched alkanes of at least 4 members (excludes halogenated alkanes) is 24. The van der Waals surface area contributed by atoms with Crippen LogP contribution in [0.5, 0.6) is 0 Å². The number of rotatable bonds is 59. The Morgan fingerprint density at radius 1 is 0.259 bits per heavy atom. The third-order valence-corrected chi connectivity index (χ3v) is 13.8. The van der Waals surface area contributed by atoms with Gasteiger partial charge in [-0.2, -0.15) is 0 Å². The zero-order chi connectivity index (χ0) is 58.5. The minimum atomic E-state index is -0.804. The van der Waals surface area contributed by atoms with Gasteiger partial charge in [-0.25, -0.2) is 0 Å². The van der Waals surface area contributed by atoms with Gasteiger partial charge < -0.3 is 14.2 Å². The highest BCUT2D eigenvalue weighted by Gasteiger charge is 2.19. The van der Waals surface area contributed by atoms with Gasteiger partial charge in [0.25, 0.3) is 0 Å².